The molecule has 2 heterocycles. The van der Waals surface area contributed by atoms with Gasteiger partial charge in [-0.3, -0.25) is 4.79 Å². The van der Waals surface area contributed by atoms with Crippen molar-refractivity contribution >= 4 is 17.7 Å². The van der Waals surface area contributed by atoms with Gasteiger partial charge in [0.2, 0.25) is 5.91 Å². The number of nitrogens with zero attached hydrogens (tertiary/aromatic N) is 1. The first-order valence-corrected chi connectivity index (χ1v) is 6.45. The Kier molecular flexibility index (Phi) is 3.34. The van der Waals surface area contributed by atoms with Crippen LogP contribution in [0.4, 0.5) is 0 Å². The number of aliphatic hydroxyl groups excluding tert-OH is 1. The molecule has 14 heavy (non-hydrogen) atoms. The third kappa shape index (κ3) is 2.42. The van der Waals surface area contributed by atoms with Crippen molar-refractivity contribution in [3.63, 3.8) is 0 Å². The Morgan fingerprint density at radius 3 is 2.71 bits per heavy atom. The van der Waals surface area contributed by atoms with E-state index >= 15 is 0 Å². The summed E-state index contributed by atoms with van der Waals surface area (Å²) >= 11 is 2.01. The van der Waals surface area contributed by atoms with Crippen molar-refractivity contribution in [1.82, 2.24) is 4.90 Å². The van der Waals surface area contributed by atoms with Gasteiger partial charge in [-0.1, -0.05) is 0 Å². The average Bonchev–Trinajstić information content (AvgIpc) is 2.47. The number of thioether (sulfide) groups is 1. The van der Waals surface area contributed by atoms with E-state index in [1.807, 2.05) is 16.7 Å². The van der Waals surface area contributed by atoms with Crippen LogP contribution < -0.4 is 0 Å². The summed E-state index contributed by atoms with van der Waals surface area (Å²) in [5.74, 6) is 3.27. The lowest BCUT2D eigenvalue weighted by Gasteiger charge is -2.26. The summed E-state index contributed by atoms with van der Waals surface area (Å²) in [6.45, 7) is 1.43. The van der Waals surface area contributed by atoms with E-state index in [9.17, 15) is 9.90 Å². The second kappa shape index (κ2) is 4.53. The molecule has 0 aliphatic carbocycles. The van der Waals surface area contributed by atoms with Gasteiger partial charge in [-0.25, -0.2) is 0 Å². The van der Waals surface area contributed by atoms with Crippen LogP contribution in [0.5, 0.6) is 0 Å². The molecule has 0 saturated carbocycles. The van der Waals surface area contributed by atoms with E-state index in [0.717, 1.165) is 6.54 Å². The van der Waals surface area contributed by atoms with Gasteiger partial charge < -0.3 is 10.0 Å². The fourth-order valence-corrected chi connectivity index (χ4v) is 3.37. The molecule has 80 valence electrons. The smallest absolute Gasteiger partial charge is 0.225 e. The number of likely N-dealkylation sites (tertiary alicyclic amines) is 1. The van der Waals surface area contributed by atoms with E-state index < -0.39 is 6.10 Å². The molecule has 2 saturated heterocycles. The van der Waals surface area contributed by atoms with Crippen LogP contribution in [0, 0.1) is 5.92 Å². The second-order valence-electron chi connectivity index (χ2n) is 4.21. The van der Waals surface area contributed by atoms with E-state index in [2.05, 4.69) is 0 Å². The maximum atomic E-state index is 11.4. The zero-order valence-electron chi connectivity index (χ0n) is 8.32. The Balaban J connectivity index is 1.81. The molecule has 0 radical (unpaired) electrons. The highest BCUT2D eigenvalue weighted by Crippen LogP contribution is 2.25. The molecule has 0 bridgehead atoms. The first-order valence-electron chi connectivity index (χ1n) is 5.29. The van der Waals surface area contributed by atoms with Crippen LogP contribution in [-0.2, 0) is 4.79 Å². The number of carbonyl (C=O) groups is 1. The Bertz CT molecular complexity index is 216. The summed E-state index contributed by atoms with van der Waals surface area (Å²) in [6.07, 6.45) is 2.37. The van der Waals surface area contributed by atoms with Crippen LogP contribution in [0.2, 0.25) is 0 Å². The average molecular weight is 215 g/mol. The third-order valence-corrected chi connectivity index (χ3v) is 4.06. The van der Waals surface area contributed by atoms with E-state index in [1.165, 1.54) is 24.3 Å². The topological polar surface area (TPSA) is 40.5 Å². The fourth-order valence-electron chi connectivity index (χ4n) is 2.17. The lowest BCUT2D eigenvalue weighted by molar-refractivity contribution is -0.128. The van der Waals surface area contributed by atoms with Crippen LogP contribution in [-0.4, -0.2) is 46.6 Å². The Labute approximate surface area is 88.9 Å². The van der Waals surface area contributed by atoms with E-state index in [-0.39, 0.29) is 5.91 Å². The second-order valence-corrected chi connectivity index (χ2v) is 5.44. The quantitative estimate of drug-likeness (QED) is 0.738. The van der Waals surface area contributed by atoms with Gasteiger partial charge in [-0.2, -0.15) is 11.8 Å². The van der Waals surface area contributed by atoms with Crippen molar-refractivity contribution in [3.8, 4) is 0 Å². The Morgan fingerprint density at radius 2 is 2.14 bits per heavy atom. The van der Waals surface area contributed by atoms with Crippen molar-refractivity contribution in [2.45, 2.75) is 25.4 Å². The van der Waals surface area contributed by atoms with Gasteiger partial charge in [0.1, 0.15) is 0 Å². The molecular weight excluding hydrogens is 198 g/mol. The minimum Gasteiger partial charge on any atom is -0.391 e. The molecule has 1 unspecified atom stereocenters. The highest BCUT2D eigenvalue weighted by molar-refractivity contribution is 7.99. The van der Waals surface area contributed by atoms with Crippen molar-refractivity contribution in [2.24, 2.45) is 5.92 Å². The molecule has 0 aromatic heterocycles. The fraction of sp³-hybridized carbons (Fsp3) is 0.900. The first kappa shape index (κ1) is 10.3. The minimum atomic E-state index is -0.416. The number of aliphatic hydroxyl groups is 1. The lowest BCUT2D eigenvalue weighted by Crippen LogP contribution is -2.32. The highest BCUT2D eigenvalue weighted by atomic mass is 32.2. The highest BCUT2D eigenvalue weighted by Gasteiger charge is 2.29. The Hall–Kier alpha value is -0.220. The van der Waals surface area contributed by atoms with E-state index in [1.54, 1.807) is 0 Å². The SMILES string of the molecule is O=C1CC(O)CN1CC1CCSCC1. The zero-order chi connectivity index (χ0) is 9.97. The molecule has 1 atom stereocenters. The normalized spacial score (nSPS) is 29.9. The minimum absolute atomic E-state index is 0.135. The van der Waals surface area contributed by atoms with Gasteiger partial charge in [0, 0.05) is 13.1 Å². The molecule has 0 aromatic carbocycles. The van der Waals surface area contributed by atoms with Crippen molar-refractivity contribution in [1.29, 1.82) is 0 Å². The first-order chi connectivity index (χ1) is 6.75. The molecular formula is C10H17NO2S. The predicted octanol–water partition coefficient (Wildman–Crippen LogP) is 0.723. The molecule has 0 spiro atoms. The molecule has 2 aliphatic rings. The largest absolute Gasteiger partial charge is 0.391 e. The summed E-state index contributed by atoms with van der Waals surface area (Å²) in [5, 5.41) is 9.33. The van der Waals surface area contributed by atoms with E-state index in [4.69, 9.17) is 0 Å². The zero-order valence-corrected chi connectivity index (χ0v) is 9.13. The summed E-state index contributed by atoms with van der Waals surface area (Å²) in [7, 11) is 0. The standard InChI is InChI=1S/C10H17NO2S/c12-9-5-10(13)11(7-9)6-8-1-3-14-4-2-8/h8-9,12H,1-7H2. The predicted molar refractivity (Wildman–Crippen MR) is 57.3 cm³/mol. The maximum absolute atomic E-state index is 11.4. The number of carbonyl (C=O) groups excluding carboxylic acids is 1. The number of rotatable bonds is 2. The van der Waals surface area contributed by atoms with E-state index in [0.29, 0.717) is 18.9 Å². The number of hydrogen-bond donors (Lipinski definition) is 1. The summed E-state index contributed by atoms with van der Waals surface area (Å²) in [5.41, 5.74) is 0. The van der Waals surface area contributed by atoms with Crippen molar-refractivity contribution < 1.29 is 9.90 Å². The molecule has 2 aliphatic heterocycles. The summed E-state index contributed by atoms with van der Waals surface area (Å²) in [4.78, 5) is 13.3. The summed E-state index contributed by atoms with van der Waals surface area (Å²) < 4.78 is 0. The van der Waals surface area contributed by atoms with Crippen molar-refractivity contribution in [2.75, 3.05) is 24.6 Å². The third-order valence-electron chi connectivity index (χ3n) is 3.01. The molecule has 0 aromatic rings. The van der Waals surface area contributed by atoms with Gasteiger partial charge in [-0.15, -0.1) is 0 Å². The molecule has 1 N–H and O–H groups in total. The Morgan fingerprint density at radius 1 is 1.43 bits per heavy atom. The van der Waals surface area contributed by atoms with Crippen molar-refractivity contribution in [3.05, 3.63) is 0 Å². The molecule has 3 nitrogen and oxygen atoms in total. The van der Waals surface area contributed by atoms with Crippen LogP contribution in [0.1, 0.15) is 19.3 Å². The number of hydrogen-bond acceptors (Lipinski definition) is 3. The maximum Gasteiger partial charge on any atom is 0.225 e. The molecule has 2 fully saturated rings. The van der Waals surface area contributed by atoms with Gasteiger partial charge in [0.25, 0.3) is 0 Å². The van der Waals surface area contributed by atoms with Crippen LogP contribution >= 0.6 is 11.8 Å². The monoisotopic (exact) mass is 215 g/mol. The lowest BCUT2D eigenvalue weighted by atomic mass is 10.0. The number of β-amino-alcohol motifs (C(OH)–C–C–N with tert-alkyl or cyclic N) is 1. The van der Waals surface area contributed by atoms with Crippen LogP contribution in [0.25, 0.3) is 0 Å². The summed E-state index contributed by atoms with van der Waals surface area (Å²) in [6, 6.07) is 0. The van der Waals surface area contributed by atoms with Crippen LogP contribution in [0.3, 0.4) is 0 Å². The molecule has 2 rings (SSSR count). The van der Waals surface area contributed by atoms with Crippen LogP contribution in [0.15, 0.2) is 0 Å². The molecule has 1 amide bonds. The van der Waals surface area contributed by atoms with Gasteiger partial charge in [-0.05, 0) is 30.3 Å². The van der Waals surface area contributed by atoms with Gasteiger partial charge in [0.15, 0.2) is 0 Å². The van der Waals surface area contributed by atoms with Gasteiger partial charge >= 0.3 is 0 Å². The van der Waals surface area contributed by atoms with Gasteiger partial charge in [0.05, 0.1) is 12.5 Å². The number of amides is 1. The molecule has 4 heteroatoms.